The molecule has 6 nitrogen and oxygen atoms in total. The van der Waals surface area contributed by atoms with Crippen molar-refractivity contribution >= 4 is 18.0 Å². The number of carboxylic acids is 2. The lowest BCUT2D eigenvalue weighted by atomic mass is 9.93. The molecule has 2 atom stereocenters. The van der Waals surface area contributed by atoms with Gasteiger partial charge in [0.1, 0.15) is 11.3 Å². The number of ether oxygens (including phenoxy) is 1. The monoisotopic (exact) mass is 569 g/mol. The predicted molar refractivity (Wildman–Crippen MR) is 167 cm³/mol. The van der Waals surface area contributed by atoms with Gasteiger partial charge in [-0.25, -0.2) is 4.79 Å². The molecular weight excluding hydrogens is 526 g/mol. The molecule has 3 aromatic rings. The summed E-state index contributed by atoms with van der Waals surface area (Å²) in [6.07, 6.45) is 11.7. The number of likely N-dealkylation sites (tertiary alicyclic amines) is 1. The van der Waals surface area contributed by atoms with Crippen molar-refractivity contribution in [3.05, 3.63) is 107 Å². The molecule has 2 unspecified atom stereocenters. The van der Waals surface area contributed by atoms with Gasteiger partial charge in [-0.3, -0.25) is 9.69 Å². The van der Waals surface area contributed by atoms with E-state index in [2.05, 4.69) is 47.4 Å². The number of carboxylic acid groups (broad SMARTS) is 2. The Hall–Kier alpha value is -3.90. The number of unbranched alkanes of at least 4 members (excludes halogenated alkanes) is 2. The maximum absolute atomic E-state index is 12.0. The zero-order valence-corrected chi connectivity index (χ0v) is 24.6. The number of para-hydroxylation sites is 1. The van der Waals surface area contributed by atoms with E-state index in [1.165, 1.54) is 5.56 Å². The van der Waals surface area contributed by atoms with Crippen molar-refractivity contribution in [2.24, 2.45) is 5.92 Å². The Morgan fingerprint density at radius 3 is 2.40 bits per heavy atom. The molecule has 222 valence electrons. The summed E-state index contributed by atoms with van der Waals surface area (Å²) in [5.41, 5.74) is 2.89. The van der Waals surface area contributed by atoms with Crippen LogP contribution < -0.4 is 4.74 Å². The molecule has 0 aliphatic carbocycles. The minimum atomic E-state index is -0.937. The van der Waals surface area contributed by atoms with Crippen LogP contribution in [-0.2, 0) is 17.6 Å². The largest absolute Gasteiger partial charge is 0.493 e. The zero-order chi connectivity index (χ0) is 29.8. The topological polar surface area (TPSA) is 87.1 Å². The number of hydrogen-bond donors (Lipinski definition) is 2. The van der Waals surface area contributed by atoms with Gasteiger partial charge in [-0.15, -0.1) is 0 Å². The molecule has 1 fully saturated rings. The van der Waals surface area contributed by atoms with Crippen LogP contribution in [0.25, 0.3) is 6.08 Å². The third kappa shape index (κ3) is 8.80. The maximum Gasteiger partial charge on any atom is 0.335 e. The van der Waals surface area contributed by atoms with Crippen LogP contribution >= 0.6 is 0 Å². The predicted octanol–water partition coefficient (Wildman–Crippen LogP) is 7.38. The highest BCUT2D eigenvalue weighted by Gasteiger charge is 2.42. The summed E-state index contributed by atoms with van der Waals surface area (Å²) in [6.45, 7) is 3.97. The fraction of sp³-hybridized carbons (Fsp3) is 0.389. The molecule has 2 N–H and O–H groups in total. The third-order valence-electron chi connectivity index (χ3n) is 8.40. The van der Waals surface area contributed by atoms with Crippen molar-refractivity contribution in [2.45, 2.75) is 63.8 Å². The third-order valence-corrected chi connectivity index (χ3v) is 8.40. The first-order valence-corrected chi connectivity index (χ1v) is 15.1. The van der Waals surface area contributed by atoms with Crippen molar-refractivity contribution in [1.82, 2.24) is 4.90 Å². The Bertz CT molecular complexity index is 1320. The second-order valence-corrected chi connectivity index (χ2v) is 11.5. The summed E-state index contributed by atoms with van der Waals surface area (Å²) in [7, 11) is 0. The van der Waals surface area contributed by atoms with Crippen molar-refractivity contribution in [1.29, 1.82) is 0 Å². The van der Waals surface area contributed by atoms with E-state index in [0.717, 1.165) is 68.4 Å². The number of benzene rings is 3. The molecule has 4 rings (SSSR count). The van der Waals surface area contributed by atoms with Crippen LogP contribution in [0, 0.1) is 5.92 Å². The number of aromatic carboxylic acids is 1. The smallest absolute Gasteiger partial charge is 0.335 e. The molecule has 1 aliphatic rings. The second kappa shape index (κ2) is 15.4. The molecule has 42 heavy (non-hydrogen) atoms. The van der Waals surface area contributed by atoms with E-state index < -0.39 is 17.5 Å². The molecule has 0 amide bonds. The summed E-state index contributed by atoms with van der Waals surface area (Å²) in [6, 6.07) is 25.7. The lowest BCUT2D eigenvalue weighted by molar-refractivity contribution is -0.148. The van der Waals surface area contributed by atoms with Crippen molar-refractivity contribution in [3.8, 4) is 5.75 Å². The van der Waals surface area contributed by atoms with Gasteiger partial charge in [0.15, 0.2) is 0 Å². The molecule has 0 aromatic heterocycles. The number of aryl methyl sites for hydroxylation is 1. The van der Waals surface area contributed by atoms with Crippen LogP contribution in [0.3, 0.4) is 0 Å². The van der Waals surface area contributed by atoms with Crippen LogP contribution in [0.15, 0.2) is 84.9 Å². The summed E-state index contributed by atoms with van der Waals surface area (Å²) in [5.74, 6) is -0.694. The van der Waals surface area contributed by atoms with Gasteiger partial charge >= 0.3 is 11.9 Å². The average molecular weight is 570 g/mol. The van der Waals surface area contributed by atoms with Crippen LogP contribution in [0.1, 0.15) is 72.5 Å². The minimum absolute atomic E-state index is 0.144. The lowest BCUT2D eigenvalue weighted by Gasteiger charge is -2.32. The van der Waals surface area contributed by atoms with Gasteiger partial charge in [-0.1, -0.05) is 72.8 Å². The van der Waals surface area contributed by atoms with E-state index in [4.69, 9.17) is 4.74 Å². The first-order valence-electron chi connectivity index (χ1n) is 15.1. The van der Waals surface area contributed by atoms with E-state index in [1.54, 1.807) is 12.1 Å². The Morgan fingerprint density at radius 1 is 0.929 bits per heavy atom. The van der Waals surface area contributed by atoms with Crippen LogP contribution in [0.4, 0.5) is 0 Å². The Labute approximate surface area is 249 Å². The van der Waals surface area contributed by atoms with E-state index in [1.807, 2.05) is 43.3 Å². The second-order valence-electron chi connectivity index (χ2n) is 11.5. The number of allylic oxidation sites excluding steroid dienone is 1. The molecule has 1 saturated heterocycles. The number of nitrogens with zero attached hydrogens (tertiary/aromatic N) is 1. The van der Waals surface area contributed by atoms with Crippen molar-refractivity contribution in [3.63, 3.8) is 0 Å². The fourth-order valence-corrected chi connectivity index (χ4v) is 5.72. The normalized spacial score (nSPS) is 17.8. The molecule has 6 heteroatoms. The van der Waals surface area contributed by atoms with Gasteiger partial charge in [-0.05, 0) is 107 Å². The van der Waals surface area contributed by atoms with E-state index in [-0.39, 0.29) is 11.5 Å². The van der Waals surface area contributed by atoms with Gasteiger partial charge in [0.2, 0.25) is 0 Å². The highest BCUT2D eigenvalue weighted by Crippen LogP contribution is 2.31. The summed E-state index contributed by atoms with van der Waals surface area (Å²) >= 11 is 0. The molecule has 0 spiro atoms. The van der Waals surface area contributed by atoms with Crippen LogP contribution in [-0.4, -0.2) is 52.3 Å². The molecule has 0 bridgehead atoms. The van der Waals surface area contributed by atoms with Gasteiger partial charge in [0.05, 0.1) is 12.2 Å². The lowest BCUT2D eigenvalue weighted by Crippen LogP contribution is -2.48. The number of hydrogen-bond acceptors (Lipinski definition) is 4. The SMILES string of the molecule is CC1(C(=O)O)CCCN1CCC(/C=C/c1ccccc1OCCCCCc1ccccc1)Cc1ccc(C(=O)O)cc1. The quantitative estimate of drug-likeness (QED) is 0.175. The van der Waals surface area contributed by atoms with E-state index in [0.29, 0.717) is 19.6 Å². The standard InChI is InChI=1S/C36H43NO5/c1-36(35(40)41)23-10-24-37(36)25-22-30(27-29-17-20-32(21-18-29)34(38)39)16-19-31-14-7-8-15-33(31)42-26-9-3-6-13-28-11-4-2-5-12-28/h2,4-5,7-8,11-12,14-21,30H,3,6,9-10,13,22-27H2,1H3,(H,38,39)(H,40,41)/b19-16+. The highest BCUT2D eigenvalue weighted by atomic mass is 16.5. The molecule has 0 saturated carbocycles. The molecular formula is C36H43NO5. The molecule has 1 aliphatic heterocycles. The maximum atomic E-state index is 12.0. The molecule has 0 radical (unpaired) electrons. The van der Waals surface area contributed by atoms with Crippen molar-refractivity contribution in [2.75, 3.05) is 19.7 Å². The van der Waals surface area contributed by atoms with Gasteiger partial charge < -0.3 is 14.9 Å². The van der Waals surface area contributed by atoms with Crippen molar-refractivity contribution < 1.29 is 24.5 Å². The average Bonchev–Trinajstić information content (AvgIpc) is 3.39. The minimum Gasteiger partial charge on any atom is -0.493 e. The van der Waals surface area contributed by atoms with Crippen LogP contribution in [0.2, 0.25) is 0 Å². The van der Waals surface area contributed by atoms with Crippen LogP contribution in [0.5, 0.6) is 5.75 Å². The first-order chi connectivity index (χ1) is 20.3. The fourth-order valence-electron chi connectivity index (χ4n) is 5.72. The molecule has 1 heterocycles. The highest BCUT2D eigenvalue weighted by molar-refractivity contribution is 5.87. The Balaban J connectivity index is 1.38. The summed E-state index contributed by atoms with van der Waals surface area (Å²) < 4.78 is 6.19. The van der Waals surface area contributed by atoms with Gasteiger partial charge in [0.25, 0.3) is 0 Å². The summed E-state index contributed by atoms with van der Waals surface area (Å²) in [4.78, 5) is 25.4. The Kier molecular flexibility index (Phi) is 11.4. The summed E-state index contributed by atoms with van der Waals surface area (Å²) in [5, 5.41) is 19.1. The number of aliphatic carboxylic acids is 1. The van der Waals surface area contributed by atoms with E-state index in [9.17, 15) is 19.8 Å². The van der Waals surface area contributed by atoms with Gasteiger partial charge in [0, 0.05) is 5.56 Å². The first kappa shape index (κ1) is 31.0. The van der Waals surface area contributed by atoms with E-state index >= 15 is 0 Å². The Morgan fingerprint density at radius 2 is 1.67 bits per heavy atom. The molecule has 3 aromatic carbocycles. The number of carbonyl (C=O) groups is 2. The zero-order valence-electron chi connectivity index (χ0n) is 24.6. The number of rotatable bonds is 16. The van der Waals surface area contributed by atoms with Gasteiger partial charge in [-0.2, -0.15) is 0 Å².